The van der Waals surface area contributed by atoms with E-state index in [2.05, 4.69) is 41.4 Å². The molecule has 0 aliphatic heterocycles. The molecule has 1 aromatic heterocycles. The molecule has 4 rings (SSSR count). The number of hydrogen-bond acceptors (Lipinski definition) is 3. The minimum atomic E-state index is 0.159. The summed E-state index contributed by atoms with van der Waals surface area (Å²) in [7, 11) is 1.93. The van der Waals surface area contributed by atoms with E-state index in [1.54, 1.807) is 0 Å². The zero-order valence-electron chi connectivity index (χ0n) is 14.9. The molecule has 1 aliphatic rings. The topological polar surface area (TPSA) is 33.2 Å². The summed E-state index contributed by atoms with van der Waals surface area (Å²) < 4.78 is 0. The van der Waals surface area contributed by atoms with Gasteiger partial charge in [0.1, 0.15) is 0 Å². The van der Waals surface area contributed by atoms with Crippen molar-refractivity contribution in [3.63, 3.8) is 0 Å². The van der Waals surface area contributed by atoms with Crippen LogP contribution >= 0.6 is 11.8 Å². The van der Waals surface area contributed by atoms with Crippen LogP contribution in [-0.2, 0) is 11.2 Å². The number of carbonyl (C=O) groups is 1. The van der Waals surface area contributed by atoms with E-state index >= 15 is 0 Å². The Kier molecular flexibility index (Phi) is 4.93. The molecule has 132 valence electrons. The second-order valence-electron chi connectivity index (χ2n) is 6.74. The van der Waals surface area contributed by atoms with Gasteiger partial charge >= 0.3 is 0 Å². The first-order valence-corrected chi connectivity index (χ1v) is 10.0. The van der Waals surface area contributed by atoms with Crippen LogP contribution in [0, 0.1) is 0 Å². The molecule has 0 bridgehead atoms. The summed E-state index contributed by atoms with van der Waals surface area (Å²) >= 11 is 1.51. The Bertz CT molecular complexity index is 940. The highest BCUT2D eigenvalue weighted by Gasteiger charge is 2.26. The second-order valence-corrected chi connectivity index (χ2v) is 7.74. The predicted molar refractivity (Wildman–Crippen MR) is 107 cm³/mol. The Morgan fingerprint density at radius 3 is 2.85 bits per heavy atom. The summed E-state index contributed by atoms with van der Waals surface area (Å²) in [6, 6.07) is 20.8. The average Bonchev–Trinajstić information content (AvgIpc) is 2.71. The van der Waals surface area contributed by atoms with Gasteiger partial charge in [0.15, 0.2) is 0 Å². The van der Waals surface area contributed by atoms with Crippen LogP contribution in [0.1, 0.15) is 30.0 Å². The van der Waals surface area contributed by atoms with Gasteiger partial charge in [-0.25, -0.2) is 4.98 Å². The van der Waals surface area contributed by atoms with Gasteiger partial charge in [0.2, 0.25) is 5.91 Å². The molecule has 0 fully saturated rings. The number of nitrogens with zero attached hydrogens (tertiary/aromatic N) is 2. The summed E-state index contributed by atoms with van der Waals surface area (Å²) in [5.74, 6) is 0.576. The summed E-state index contributed by atoms with van der Waals surface area (Å²) in [6.45, 7) is 0. The van der Waals surface area contributed by atoms with E-state index in [1.165, 1.54) is 22.9 Å². The summed E-state index contributed by atoms with van der Waals surface area (Å²) in [4.78, 5) is 19.3. The van der Waals surface area contributed by atoms with Crippen molar-refractivity contribution in [2.75, 3.05) is 12.8 Å². The minimum absolute atomic E-state index is 0.159. The lowest BCUT2D eigenvalue weighted by molar-refractivity contribution is -0.129. The lowest BCUT2D eigenvalue weighted by atomic mass is 9.87. The predicted octanol–water partition coefficient (Wildman–Crippen LogP) is 4.86. The number of aryl methyl sites for hydroxylation is 1. The lowest BCUT2D eigenvalue weighted by Gasteiger charge is -2.33. The van der Waals surface area contributed by atoms with E-state index in [0.29, 0.717) is 5.75 Å². The van der Waals surface area contributed by atoms with Gasteiger partial charge in [0, 0.05) is 12.4 Å². The number of aromatic nitrogens is 1. The van der Waals surface area contributed by atoms with Crippen LogP contribution in [0.15, 0.2) is 65.7 Å². The maximum absolute atomic E-state index is 12.8. The number of carbonyl (C=O) groups excluding carboxylic acids is 1. The van der Waals surface area contributed by atoms with Gasteiger partial charge in [-0.15, -0.1) is 0 Å². The molecule has 1 heterocycles. The molecule has 0 N–H and O–H groups in total. The van der Waals surface area contributed by atoms with Crippen LogP contribution in [-0.4, -0.2) is 28.6 Å². The highest BCUT2D eigenvalue weighted by molar-refractivity contribution is 7.99. The van der Waals surface area contributed by atoms with Crippen LogP contribution in [0.3, 0.4) is 0 Å². The number of amides is 1. The molecule has 0 spiro atoms. The molecule has 0 saturated heterocycles. The van der Waals surface area contributed by atoms with Gasteiger partial charge in [0.05, 0.1) is 22.3 Å². The van der Waals surface area contributed by atoms with Crippen molar-refractivity contribution < 1.29 is 4.79 Å². The van der Waals surface area contributed by atoms with Crippen LogP contribution in [0.5, 0.6) is 0 Å². The molecule has 4 heteroatoms. The van der Waals surface area contributed by atoms with Crippen molar-refractivity contribution in [3.8, 4) is 0 Å². The quantitative estimate of drug-likeness (QED) is 0.621. The first-order valence-electron chi connectivity index (χ1n) is 9.04. The normalized spacial score (nSPS) is 16.3. The van der Waals surface area contributed by atoms with Crippen molar-refractivity contribution in [3.05, 3.63) is 71.8 Å². The lowest BCUT2D eigenvalue weighted by Crippen LogP contribution is -2.34. The number of para-hydroxylation sites is 1. The molecule has 3 aromatic rings. The van der Waals surface area contributed by atoms with E-state index in [9.17, 15) is 4.79 Å². The third-order valence-electron chi connectivity index (χ3n) is 5.12. The first kappa shape index (κ1) is 17.1. The molecule has 1 atom stereocenters. The van der Waals surface area contributed by atoms with Crippen LogP contribution in [0.25, 0.3) is 10.9 Å². The van der Waals surface area contributed by atoms with Crippen molar-refractivity contribution in [2.45, 2.75) is 30.3 Å². The Morgan fingerprint density at radius 1 is 1.12 bits per heavy atom. The Labute approximate surface area is 158 Å². The van der Waals surface area contributed by atoms with Crippen molar-refractivity contribution in [2.24, 2.45) is 0 Å². The molecule has 1 unspecified atom stereocenters. The molecular weight excluding hydrogens is 340 g/mol. The number of fused-ring (bicyclic) bond motifs is 2. The maximum atomic E-state index is 12.8. The van der Waals surface area contributed by atoms with E-state index in [1.807, 2.05) is 36.2 Å². The smallest absolute Gasteiger partial charge is 0.233 e. The largest absolute Gasteiger partial charge is 0.338 e. The van der Waals surface area contributed by atoms with Crippen molar-refractivity contribution in [1.29, 1.82) is 0 Å². The maximum Gasteiger partial charge on any atom is 0.233 e. The fourth-order valence-corrected chi connectivity index (χ4v) is 4.47. The van der Waals surface area contributed by atoms with E-state index in [0.717, 1.165) is 35.2 Å². The van der Waals surface area contributed by atoms with Crippen LogP contribution in [0.2, 0.25) is 0 Å². The van der Waals surface area contributed by atoms with Crippen molar-refractivity contribution >= 4 is 28.6 Å². The first-order chi connectivity index (χ1) is 12.7. The number of thioether (sulfide) groups is 1. The molecule has 26 heavy (non-hydrogen) atoms. The molecule has 3 nitrogen and oxygen atoms in total. The highest BCUT2D eigenvalue weighted by Crippen LogP contribution is 2.34. The van der Waals surface area contributed by atoms with Gasteiger partial charge in [-0.1, -0.05) is 60.3 Å². The zero-order valence-corrected chi connectivity index (χ0v) is 15.7. The van der Waals surface area contributed by atoms with E-state index in [4.69, 9.17) is 0 Å². The molecule has 0 radical (unpaired) electrons. The van der Waals surface area contributed by atoms with E-state index in [-0.39, 0.29) is 11.9 Å². The SMILES string of the molecule is CN(C(=O)CSc1ccc2ccccc2n1)C1CCCc2ccccc21. The Morgan fingerprint density at radius 2 is 1.92 bits per heavy atom. The van der Waals surface area contributed by atoms with Gasteiger partial charge in [0.25, 0.3) is 0 Å². The number of hydrogen-bond donors (Lipinski definition) is 0. The van der Waals surface area contributed by atoms with Gasteiger partial charge in [-0.05, 0) is 42.5 Å². The van der Waals surface area contributed by atoms with Gasteiger partial charge in [-0.2, -0.15) is 0 Å². The van der Waals surface area contributed by atoms with Crippen LogP contribution in [0.4, 0.5) is 0 Å². The molecule has 1 amide bonds. The fraction of sp³-hybridized carbons (Fsp3) is 0.273. The number of pyridine rings is 1. The third-order valence-corrected chi connectivity index (χ3v) is 6.03. The monoisotopic (exact) mass is 362 g/mol. The fourth-order valence-electron chi connectivity index (χ4n) is 3.67. The Hall–Kier alpha value is -2.33. The summed E-state index contributed by atoms with van der Waals surface area (Å²) in [5.41, 5.74) is 3.66. The average molecular weight is 362 g/mol. The van der Waals surface area contributed by atoms with E-state index < -0.39 is 0 Å². The minimum Gasteiger partial charge on any atom is -0.338 e. The third kappa shape index (κ3) is 3.47. The Balaban J connectivity index is 1.44. The second kappa shape index (κ2) is 7.50. The molecule has 2 aromatic carbocycles. The number of rotatable bonds is 4. The zero-order chi connectivity index (χ0) is 17.9. The van der Waals surface area contributed by atoms with Gasteiger partial charge in [-0.3, -0.25) is 4.79 Å². The van der Waals surface area contributed by atoms with Crippen LogP contribution < -0.4 is 0 Å². The summed E-state index contributed by atoms with van der Waals surface area (Å²) in [6.07, 6.45) is 3.29. The summed E-state index contributed by atoms with van der Waals surface area (Å²) in [5, 5.41) is 2.02. The number of benzene rings is 2. The standard InChI is InChI=1S/C22H22N2OS/c1-24(20-12-6-9-16-7-2-4-10-18(16)20)22(25)15-26-21-14-13-17-8-3-5-11-19(17)23-21/h2-5,7-8,10-11,13-14,20H,6,9,12,15H2,1H3. The van der Waals surface area contributed by atoms with Gasteiger partial charge < -0.3 is 4.90 Å². The van der Waals surface area contributed by atoms with Crippen molar-refractivity contribution in [1.82, 2.24) is 9.88 Å². The molecule has 0 saturated carbocycles. The molecule has 1 aliphatic carbocycles. The highest BCUT2D eigenvalue weighted by atomic mass is 32.2. The molecular formula is C22H22N2OS.